The van der Waals surface area contributed by atoms with Gasteiger partial charge in [0.25, 0.3) is 5.91 Å². The van der Waals surface area contributed by atoms with Crippen molar-refractivity contribution in [2.24, 2.45) is 0 Å². The van der Waals surface area contributed by atoms with Gasteiger partial charge in [-0.1, -0.05) is 25.3 Å². The lowest BCUT2D eigenvalue weighted by molar-refractivity contribution is -0.117. The molecule has 1 saturated carbocycles. The van der Waals surface area contributed by atoms with E-state index in [2.05, 4.69) is 15.5 Å². The highest BCUT2D eigenvalue weighted by Crippen LogP contribution is 2.21. The summed E-state index contributed by atoms with van der Waals surface area (Å²) in [6, 6.07) is 11.7. The first kappa shape index (κ1) is 26.0. The molecule has 2 fully saturated rings. The number of piperazine rings is 1. The van der Waals surface area contributed by atoms with Crippen LogP contribution in [0, 0.1) is 0 Å². The molecule has 0 radical (unpaired) electrons. The van der Waals surface area contributed by atoms with Crippen LogP contribution in [0.25, 0.3) is 0 Å². The topological polar surface area (TPSA) is 85.0 Å². The Bertz CT molecular complexity index is 1010. The van der Waals surface area contributed by atoms with Gasteiger partial charge in [-0.05, 0) is 62.4 Å². The summed E-state index contributed by atoms with van der Waals surface area (Å²) in [6.45, 7) is 6.76. The van der Waals surface area contributed by atoms with Crippen LogP contribution < -0.4 is 15.5 Å². The number of carbonyl (C=O) groups excluding carboxylic acids is 3. The van der Waals surface area contributed by atoms with Crippen molar-refractivity contribution in [2.45, 2.75) is 58.0 Å². The number of carbonyl (C=O) groups is 3. The van der Waals surface area contributed by atoms with Crippen molar-refractivity contribution in [3.63, 3.8) is 0 Å². The van der Waals surface area contributed by atoms with Gasteiger partial charge in [0, 0.05) is 49.6 Å². The van der Waals surface area contributed by atoms with Crippen molar-refractivity contribution in [1.82, 2.24) is 15.1 Å². The van der Waals surface area contributed by atoms with E-state index in [1.54, 1.807) is 11.0 Å². The molecule has 2 aromatic rings. The lowest BCUT2D eigenvalue weighted by Gasteiger charge is -2.37. The van der Waals surface area contributed by atoms with Crippen LogP contribution in [0.2, 0.25) is 0 Å². The largest absolute Gasteiger partial charge is 0.368 e. The number of hydrogen-bond donors (Lipinski definition) is 2. The van der Waals surface area contributed by atoms with Crippen LogP contribution in [0.5, 0.6) is 0 Å². The molecule has 2 N–H and O–H groups in total. The molecule has 194 valence electrons. The van der Waals surface area contributed by atoms with Crippen molar-refractivity contribution in [1.29, 1.82) is 0 Å². The molecule has 1 aromatic carbocycles. The van der Waals surface area contributed by atoms with Crippen molar-refractivity contribution < 1.29 is 14.4 Å². The van der Waals surface area contributed by atoms with Crippen molar-refractivity contribution in [3.05, 3.63) is 46.7 Å². The molecule has 4 rings (SSSR count). The Kier molecular flexibility index (Phi) is 8.85. The van der Waals surface area contributed by atoms with Gasteiger partial charge in [-0.2, -0.15) is 0 Å². The molecule has 0 unspecified atom stereocenters. The van der Waals surface area contributed by atoms with E-state index in [1.807, 2.05) is 54.5 Å². The fraction of sp³-hybridized carbons (Fsp3) is 0.519. The number of anilines is 2. The smallest absolute Gasteiger partial charge is 0.317 e. The van der Waals surface area contributed by atoms with Crippen LogP contribution >= 0.6 is 11.3 Å². The number of urea groups is 1. The van der Waals surface area contributed by atoms with Gasteiger partial charge in [0.1, 0.15) is 6.54 Å². The summed E-state index contributed by atoms with van der Waals surface area (Å²) in [5, 5.41) is 7.98. The highest BCUT2D eigenvalue weighted by atomic mass is 32.1. The minimum Gasteiger partial charge on any atom is -0.368 e. The summed E-state index contributed by atoms with van der Waals surface area (Å²) in [5.74, 6) is -0.351. The second-order valence-electron chi connectivity index (χ2n) is 9.86. The Labute approximate surface area is 217 Å². The molecule has 4 amide bonds. The predicted octanol–water partition coefficient (Wildman–Crippen LogP) is 4.40. The third-order valence-corrected chi connectivity index (χ3v) is 7.80. The van der Waals surface area contributed by atoms with Crippen molar-refractivity contribution in [2.75, 3.05) is 42.9 Å². The van der Waals surface area contributed by atoms with Crippen LogP contribution in [0.4, 0.5) is 16.2 Å². The van der Waals surface area contributed by atoms with E-state index < -0.39 is 0 Å². The zero-order chi connectivity index (χ0) is 25.5. The molecule has 2 aliphatic rings. The quantitative estimate of drug-likeness (QED) is 0.577. The van der Waals surface area contributed by atoms with Crippen LogP contribution in [-0.4, -0.2) is 72.5 Å². The zero-order valence-corrected chi connectivity index (χ0v) is 22.1. The van der Waals surface area contributed by atoms with Crippen LogP contribution in [0.3, 0.4) is 0 Å². The SMILES string of the molecule is CC(C)N(CC(=O)Nc1ccc(N2CCN(C(=O)NC3CCCCC3)CC2)cc1)C(=O)c1cccs1. The highest BCUT2D eigenvalue weighted by molar-refractivity contribution is 7.12. The number of nitrogens with one attached hydrogen (secondary N) is 2. The van der Waals surface area contributed by atoms with E-state index in [1.165, 1.54) is 30.6 Å². The molecule has 9 heteroatoms. The molecule has 0 bridgehead atoms. The van der Waals surface area contributed by atoms with Gasteiger partial charge in [0.05, 0.1) is 4.88 Å². The average molecular weight is 512 g/mol. The molecule has 36 heavy (non-hydrogen) atoms. The van der Waals surface area contributed by atoms with E-state index in [-0.39, 0.29) is 30.4 Å². The van der Waals surface area contributed by atoms with Gasteiger partial charge in [0.2, 0.25) is 5.91 Å². The molecule has 1 aliphatic carbocycles. The van der Waals surface area contributed by atoms with Gasteiger partial charge in [-0.25, -0.2) is 4.79 Å². The molecular weight excluding hydrogens is 474 g/mol. The maximum absolute atomic E-state index is 12.7. The molecule has 1 aromatic heterocycles. The second kappa shape index (κ2) is 12.3. The summed E-state index contributed by atoms with van der Waals surface area (Å²) >= 11 is 1.38. The first-order valence-corrected chi connectivity index (χ1v) is 13.8. The molecule has 0 spiro atoms. The van der Waals surface area contributed by atoms with E-state index in [0.717, 1.165) is 31.6 Å². The minimum absolute atomic E-state index is 0.00102. The van der Waals surface area contributed by atoms with Gasteiger partial charge in [-0.3, -0.25) is 9.59 Å². The molecular formula is C27H37N5O3S. The fourth-order valence-electron chi connectivity index (χ4n) is 4.82. The Morgan fingerprint density at radius 3 is 2.31 bits per heavy atom. The number of amides is 4. The summed E-state index contributed by atoms with van der Waals surface area (Å²) < 4.78 is 0. The molecule has 8 nitrogen and oxygen atoms in total. The van der Waals surface area contributed by atoms with Gasteiger partial charge < -0.3 is 25.3 Å². The Hall–Kier alpha value is -3.07. The number of hydrogen-bond acceptors (Lipinski definition) is 5. The fourth-order valence-corrected chi connectivity index (χ4v) is 5.50. The number of rotatable bonds is 7. The van der Waals surface area contributed by atoms with Crippen LogP contribution in [0.1, 0.15) is 55.6 Å². The maximum Gasteiger partial charge on any atom is 0.317 e. The second-order valence-corrected chi connectivity index (χ2v) is 10.8. The van der Waals surface area contributed by atoms with Crippen molar-refractivity contribution >= 4 is 40.6 Å². The first-order valence-electron chi connectivity index (χ1n) is 13.0. The van der Waals surface area contributed by atoms with Gasteiger partial charge >= 0.3 is 6.03 Å². The Morgan fingerprint density at radius 2 is 1.69 bits per heavy atom. The Morgan fingerprint density at radius 1 is 1.00 bits per heavy atom. The first-order chi connectivity index (χ1) is 17.4. The summed E-state index contributed by atoms with van der Waals surface area (Å²) in [7, 11) is 0. The minimum atomic E-state index is -0.223. The van der Waals surface area contributed by atoms with Crippen LogP contribution in [-0.2, 0) is 4.79 Å². The normalized spacial score (nSPS) is 16.6. The van der Waals surface area contributed by atoms with E-state index in [0.29, 0.717) is 29.7 Å². The molecule has 1 saturated heterocycles. The standard InChI is InChI=1S/C27H37N5O3S/c1-20(2)32(26(34)24-9-6-18-36-24)19-25(33)28-22-10-12-23(13-11-22)30-14-16-31(17-15-30)27(35)29-21-7-4-3-5-8-21/h6,9-13,18,20-21H,3-5,7-8,14-17,19H2,1-2H3,(H,28,33)(H,29,35). The number of thiophene rings is 1. The summed E-state index contributed by atoms with van der Waals surface area (Å²) in [5.41, 5.74) is 1.76. The van der Waals surface area contributed by atoms with Gasteiger partial charge in [0.15, 0.2) is 0 Å². The number of nitrogens with zero attached hydrogens (tertiary/aromatic N) is 3. The third-order valence-electron chi connectivity index (χ3n) is 6.95. The summed E-state index contributed by atoms with van der Waals surface area (Å²) in [4.78, 5) is 44.4. The maximum atomic E-state index is 12.7. The lowest BCUT2D eigenvalue weighted by Crippen LogP contribution is -2.53. The van der Waals surface area contributed by atoms with Crippen molar-refractivity contribution in [3.8, 4) is 0 Å². The number of benzene rings is 1. The van der Waals surface area contributed by atoms with E-state index in [4.69, 9.17) is 0 Å². The summed E-state index contributed by atoms with van der Waals surface area (Å²) in [6.07, 6.45) is 5.88. The van der Waals surface area contributed by atoms with Crippen LogP contribution in [0.15, 0.2) is 41.8 Å². The highest BCUT2D eigenvalue weighted by Gasteiger charge is 2.25. The predicted molar refractivity (Wildman–Crippen MR) is 145 cm³/mol. The monoisotopic (exact) mass is 511 g/mol. The van der Waals surface area contributed by atoms with E-state index in [9.17, 15) is 14.4 Å². The third kappa shape index (κ3) is 6.78. The Balaban J connectivity index is 1.25. The van der Waals surface area contributed by atoms with E-state index >= 15 is 0 Å². The van der Waals surface area contributed by atoms with Gasteiger partial charge in [-0.15, -0.1) is 11.3 Å². The molecule has 2 heterocycles. The average Bonchev–Trinajstić information content (AvgIpc) is 3.43. The zero-order valence-electron chi connectivity index (χ0n) is 21.2. The molecule has 1 aliphatic heterocycles. The lowest BCUT2D eigenvalue weighted by atomic mass is 9.96. The molecule has 0 atom stereocenters.